The Morgan fingerprint density at radius 2 is 1.78 bits per heavy atom. The number of anilines is 2. The number of pyridine rings is 1. The molecule has 9 heteroatoms. The average Bonchev–Trinajstić information content (AvgIpc) is 3.04. The van der Waals surface area contributed by atoms with Gasteiger partial charge in [-0.2, -0.15) is 4.98 Å². The average molecular weight is 604 g/mol. The Kier molecular flexibility index (Phi) is 7.41. The van der Waals surface area contributed by atoms with Crippen LogP contribution in [0.3, 0.4) is 0 Å². The molecule has 7 rings (SSSR count). The molecule has 1 aliphatic carbocycles. The maximum absolute atomic E-state index is 14.6. The fraction of sp³-hybridized carbons (Fsp3) is 0.278. The molecule has 2 aliphatic rings. The van der Waals surface area contributed by atoms with Gasteiger partial charge in [0.1, 0.15) is 11.7 Å². The van der Waals surface area contributed by atoms with Crippen LogP contribution in [0.5, 0.6) is 11.5 Å². The number of para-hydroxylation sites is 1. The number of hydrogen-bond acceptors (Lipinski definition) is 7. The van der Waals surface area contributed by atoms with Crippen molar-refractivity contribution >= 4 is 28.5 Å². The van der Waals surface area contributed by atoms with Gasteiger partial charge in [0.15, 0.2) is 23.1 Å². The molecule has 0 radical (unpaired) electrons. The Balaban J connectivity index is 1.33. The molecule has 1 fully saturated rings. The van der Waals surface area contributed by atoms with Crippen LogP contribution in [-0.4, -0.2) is 33.4 Å². The van der Waals surface area contributed by atoms with Crippen LogP contribution in [0.15, 0.2) is 89.9 Å². The minimum absolute atomic E-state index is 0.0910. The molecule has 5 aromatic rings. The van der Waals surface area contributed by atoms with Gasteiger partial charge in [0, 0.05) is 35.7 Å². The third-order valence-electron chi connectivity index (χ3n) is 9.05. The van der Waals surface area contributed by atoms with Crippen molar-refractivity contribution in [2.75, 3.05) is 18.4 Å². The van der Waals surface area contributed by atoms with Gasteiger partial charge in [0.2, 0.25) is 5.95 Å². The molecule has 0 bridgehead atoms. The Bertz CT molecular complexity index is 1960. The van der Waals surface area contributed by atoms with E-state index in [-0.39, 0.29) is 35.3 Å². The summed E-state index contributed by atoms with van der Waals surface area (Å²) in [4.78, 5) is 37.5. The van der Waals surface area contributed by atoms with E-state index in [0.717, 1.165) is 42.7 Å². The number of aromatic nitrogens is 3. The van der Waals surface area contributed by atoms with E-state index in [1.165, 1.54) is 28.3 Å². The van der Waals surface area contributed by atoms with Gasteiger partial charge in [0.05, 0.1) is 0 Å². The molecule has 2 N–H and O–H groups in total. The number of piperidine rings is 1. The molecule has 1 saturated heterocycles. The number of fused-ring (bicyclic) bond motifs is 2. The Morgan fingerprint density at radius 1 is 1.00 bits per heavy atom. The second-order valence-corrected chi connectivity index (χ2v) is 12.4. The van der Waals surface area contributed by atoms with Gasteiger partial charge in [-0.3, -0.25) is 14.2 Å². The first-order valence-corrected chi connectivity index (χ1v) is 15.3. The SMILES string of the molecule is CC1(C)c2ccccc2CC(=O)C1n1c(=O)c(Oc2ccccc2F)cc2cnc(Nc3ccc(C4CCCNC4)cc3)nc21. The number of halogens is 1. The summed E-state index contributed by atoms with van der Waals surface area (Å²) in [7, 11) is 0. The quantitative estimate of drug-likeness (QED) is 0.226. The number of nitrogens with zero attached hydrogens (tertiary/aromatic N) is 3. The molecule has 2 aromatic heterocycles. The van der Waals surface area contributed by atoms with Gasteiger partial charge in [-0.25, -0.2) is 9.37 Å². The third kappa shape index (κ3) is 5.37. The molecule has 228 valence electrons. The van der Waals surface area contributed by atoms with E-state index in [1.807, 2.05) is 50.2 Å². The summed E-state index contributed by atoms with van der Waals surface area (Å²) >= 11 is 0. The van der Waals surface area contributed by atoms with E-state index in [1.54, 1.807) is 18.3 Å². The van der Waals surface area contributed by atoms with Gasteiger partial charge in [0.25, 0.3) is 5.56 Å². The standard InChI is InChI=1S/C36H34FN5O3/c1-36(2)27-10-4-3-8-23(27)18-29(43)32(36)42-33-25(19-31(34(42)44)45-30-12-6-5-11-28(30)37)21-39-35(41-33)40-26-15-13-22(14-16-26)24-9-7-17-38-20-24/h3-6,8,10-16,19,21,24,32,38H,7,9,17-18,20H2,1-2H3,(H,39,40,41). The largest absolute Gasteiger partial charge is 0.448 e. The zero-order valence-electron chi connectivity index (χ0n) is 25.2. The van der Waals surface area contributed by atoms with Crippen molar-refractivity contribution < 1.29 is 13.9 Å². The number of nitrogens with one attached hydrogen (secondary N) is 2. The number of ketones is 1. The van der Waals surface area contributed by atoms with Crippen LogP contribution in [0.4, 0.5) is 16.0 Å². The summed E-state index contributed by atoms with van der Waals surface area (Å²) in [6, 6.07) is 22.5. The fourth-order valence-electron chi connectivity index (χ4n) is 6.82. The lowest BCUT2D eigenvalue weighted by Gasteiger charge is -2.40. The zero-order chi connectivity index (χ0) is 31.1. The lowest BCUT2D eigenvalue weighted by molar-refractivity contribution is -0.124. The summed E-state index contributed by atoms with van der Waals surface area (Å²) in [6.45, 7) is 5.95. The number of benzene rings is 3. The third-order valence-corrected chi connectivity index (χ3v) is 9.05. The molecule has 0 spiro atoms. The van der Waals surface area contributed by atoms with Crippen molar-refractivity contribution in [3.8, 4) is 11.5 Å². The minimum Gasteiger partial charge on any atom is -0.448 e. The number of ether oxygens (including phenoxy) is 1. The van der Waals surface area contributed by atoms with Crippen molar-refractivity contribution in [3.05, 3.63) is 118 Å². The van der Waals surface area contributed by atoms with Gasteiger partial charge in [-0.05, 0) is 72.3 Å². The molecule has 1 aliphatic heterocycles. The number of hydrogen-bond donors (Lipinski definition) is 2. The topological polar surface area (TPSA) is 98.1 Å². The van der Waals surface area contributed by atoms with Crippen molar-refractivity contribution in [1.82, 2.24) is 19.9 Å². The van der Waals surface area contributed by atoms with E-state index in [4.69, 9.17) is 9.72 Å². The normalized spacial score (nSPS) is 19.2. The highest BCUT2D eigenvalue weighted by molar-refractivity contribution is 5.91. The van der Waals surface area contributed by atoms with E-state index in [0.29, 0.717) is 11.3 Å². The van der Waals surface area contributed by atoms with Crippen molar-refractivity contribution in [1.29, 1.82) is 0 Å². The smallest absolute Gasteiger partial charge is 0.295 e. The van der Waals surface area contributed by atoms with E-state index in [9.17, 15) is 14.0 Å². The number of carbonyl (C=O) groups is 1. The maximum Gasteiger partial charge on any atom is 0.295 e. The predicted octanol–water partition coefficient (Wildman–Crippen LogP) is 6.58. The van der Waals surface area contributed by atoms with Crippen LogP contribution in [0.2, 0.25) is 0 Å². The summed E-state index contributed by atoms with van der Waals surface area (Å²) in [5.74, 6) is -0.161. The molecule has 8 nitrogen and oxygen atoms in total. The van der Waals surface area contributed by atoms with Crippen LogP contribution >= 0.6 is 0 Å². The van der Waals surface area contributed by atoms with Gasteiger partial charge >= 0.3 is 0 Å². The molecular formula is C36H34FN5O3. The summed E-state index contributed by atoms with van der Waals surface area (Å²) in [6.07, 6.45) is 4.09. The van der Waals surface area contributed by atoms with Crippen molar-refractivity contribution in [3.63, 3.8) is 0 Å². The van der Waals surface area contributed by atoms with Gasteiger partial charge in [-0.1, -0.05) is 62.4 Å². The maximum atomic E-state index is 14.6. The molecule has 45 heavy (non-hydrogen) atoms. The van der Waals surface area contributed by atoms with E-state index >= 15 is 0 Å². The molecule has 2 unspecified atom stereocenters. The highest BCUT2D eigenvalue weighted by atomic mass is 19.1. The fourth-order valence-corrected chi connectivity index (χ4v) is 6.82. The van der Waals surface area contributed by atoms with Crippen LogP contribution < -0.4 is 20.9 Å². The zero-order valence-corrected chi connectivity index (χ0v) is 25.2. The molecule has 0 saturated carbocycles. The highest BCUT2D eigenvalue weighted by Crippen LogP contribution is 2.43. The van der Waals surface area contributed by atoms with E-state index in [2.05, 4.69) is 27.8 Å². The highest BCUT2D eigenvalue weighted by Gasteiger charge is 2.44. The van der Waals surface area contributed by atoms with Crippen LogP contribution in [0, 0.1) is 5.82 Å². The van der Waals surface area contributed by atoms with Crippen LogP contribution in [0.1, 0.15) is 55.3 Å². The van der Waals surface area contributed by atoms with Crippen molar-refractivity contribution in [2.24, 2.45) is 0 Å². The minimum atomic E-state index is -0.891. The van der Waals surface area contributed by atoms with Crippen LogP contribution in [-0.2, 0) is 16.6 Å². The monoisotopic (exact) mass is 603 g/mol. The molecule has 3 heterocycles. The summed E-state index contributed by atoms with van der Waals surface area (Å²) in [5, 5.41) is 7.21. The van der Waals surface area contributed by atoms with Gasteiger partial charge in [-0.15, -0.1) is 0 Å². The molecular weight excluding hydrogens is 569 g/mol. The molecule has 3 aromatic carbocycles. The first-order chi connectivity index (χ1) is 21.8. The second-order valence-electron chi connectivity index (χ2n) is 12.4. The summed E-state index contributed by atoms with van der Waals surface area (Å²) < 4.78 is 21.8. The first kappa shape index (κ1) is 28.9. The number of carbonyl (C=O) groups excluding carboxylic acids is 1. The van der Waals surface area contributed by atoms with E-state index < -0.39 is 22.8 Å². The van der Waals surface area contributed by atoms with Crippen LogP contribution in [0.25, 0.3) is 11.0 Å². The Labute approximate surface area is 260 Å². The second kappa shape index (κ2) is 11.6. The lowest BCUT2D eigenvalue weighted by Crippen LogP contribution is -2.46. The number of rotatable bonds is 6. The Hall–Kier alpha value is -4.89. The predicted molar refractivity (Wildman–Crippen MR) is 172 cm³/mol. The summed E-state index contributed by atoms with van der Waals surface area (Å²) in [5.41, 5.74) is 2.95. The van der Waals surface area contributed by atoms with Gasteiger partial charge < -0.3 is 15.4 Å². The molecule has 2 atom stereocenters. The first-order valence-electron chi connectivity index (χ1n) is 15.3. The number of Topliss-reactive ketones (excluding diaryl/α,β-unsaturated/α-hetero) is 1. The molecule has 0 amide bonds. The Morgan fingerprint density at radius 3 is 2.56 bits per heavy atom. The lowest BCUT2D eigenvalue weighted by atomic mass is 9.68. The van der Waals surface area contributed by atoms with Crippen molar-refractivity contribution in [2.45, 2.75) is 50.5 Å².